The SMILES string of the molecule is Cc1ccc(N/N=C\c2ccc(Br)s2)cc1. The van der Waals surface area contributed by atoms with Crippen LogP contribution in [0.1, 0.15) is 10.4 Å². The van der Waals surface area contributed by atoms with E-state index in [2.05, 4.69) is 45.5 Å². The highest BCUT2D eigenvalue weighted by Crippen LogP contribution is 2.20. The van der Waals surface area contributed by atoms with Gasteiger partial charge in [-0.1, -0.05) is 17.7 Å². The number of halogens is 1. The summed E-state index contributed by atoms with van der Waals surface area (Å²) in [5.41, 5.74) is 5.24. The summed E-state index contributed by atoms with van der Waals surface area (Å²) in [5, 5.41) is 4.17. The zero-order valence-corrected chi connectivity index (χ0v) is 11.2. The van der Waals surface area contributed by atoms with Crippen LogP contribution in [0.2, 0.25) is 0 Å². The standard InChI is InChI=1S/C12H11BrN2S/c1-9-2-4-10(5-3-9)15-14-8-11-6-7-12(13)16-11/h2-8,15H,1H3/b14-8-. The maximum atomic E-state index is 4.17. The number of benzene rings is 1. The highest BCUT2D eigenvalue weighted by Gasteiger charge is 1.93. The number of thiophene rings is 1. The summed E-state index contributed by atoms with van der Waals surface area (Å²) in [5.74, 6) is 0. The minimum Gasteiger partial charge on any atom is -0.278 e. The Morgan fingerprint density at radius 3 is 2.56 bits per heavy atom. The van der Waals surface area contributed by atoms with E-state index < -0.39 is 0 Å². The van der Waals surface area contributed by atoms with Gasteiger partial charge in [0.25, 0.3) is 0 Å². The van der Waals surface area contributed by atoms with Gasteiger partial charge in [-0.25, -0.2) is 0 Å². The summed E-state index contributed by atoms with van der Waals surface area (Å²) < 4.78 is 1.12. The van der Waals surface area contributed by atoms with Crippen LogP contribution in [0.15, 0.2) is 45.3 Å². The lowest BCUT2D eigenvalue weighted by molar-refractivity contribution is 1.34. The van der Waals surface area contributed by atoms with Gasteiger partial charge in [0.1, 0.15) is 0 Å². The molecule has 2 nitrogen and oxygen atoms in total. The fourth-order valence-electron chi connectivity index (χ4n) is 1.20. The van der Waals surface area contributed by atoms with Gasteiger partial charge < -0.3 is 0 Å². The van der Waals surface area contributed by atoms with Gasteiger partial charge >= 0.3 is 0 Å². The van der Waals surface area contributed by atoms with E-state index in [9.17, 15) is 0 Å². The largest absolute Gasteiger partial charge is 0.278 e. The topological polar surface area (TPSA) is 24.4 Å². The Morgan fingerprint density at radius 2 is 1.94 bits per heavy atom. The molecule has 0 aliphatic rings. The Labute approximate surface area is 107 Å². The van der Waals surface area contributed by atoms with Gasteiger partial charge in [0.05, 0.1) is 15.7 Å². The van der Waals surface area contributed by atoms with E-state index >= 15 is 0 Å². The highest BCUT2D eigenvalue weighted by molar-refractivity contribution is 9.11. The quantitative estimate of drug-likeness (QED) is 0.664. The second-order valence-corrected chi connectivity index (χ2v) is 5.87. The van der Waals surface area contributed by atoms with Crippen molar-refractivity contribution in [1.82, 2.24) is 0 Å². The fourth-order valence-corrected chi connectivity index (χ4v) is 2.49. The van der Waals surface area contributed by atoms with Crippen molar-refractivity contribution in [3.8, 4) is 0 Å². The number of hydrogen-bond donors (Lipinski definition) is 1. The van der Waals surface area contributed by atoms with Gasteiger partial charge in [0, 0.05) is 4.88 Å². The van der Waals surface area contributed by atoms with Gasteiger partial charge in [-0.15, -0.1) is 11.3 Å². The molecule has 4 heteroatoms. The lowest BCUT2D eigenvalue weighted by atomic mass is 10.2. The van der Waals surface area contributed by atoms with Crippen LogP contribution in [0.4, 0.5) is 5.69 Å². The molecule has 1 aromatic carbocycles. The molecule has 0 aliphatic heterocycles. The maximum Gasteiger partial charge on any atom is 0.0705 e. The second-order valence-electron chi connectivity index (χ2n) is 3.38. The first-order chi connectivity index (χ1) is 7.74. The molecular formula is C12H11BrN2S. The van der Waals surface area contributed by atoms with Crippen LogP contribution >= 0.6 is 27.3 Å². The van der Waals surface area contributed by atoms with Crippen molar-refractivity contribution in [2.24, 2.45) is 5.10 Å². The molecule has 0 bridgehead atoms. The Bertz CT molecular complexity index is 488. The van der Waals surface area contributed by atoms with Gasteiger partial charge in [0.2, 0.25) is 0 Å². The minimum atomic E-state index is 0.998. The van der Waals surface area contributed by atoms with Gasteiger partial charge in [0.15, 0.2) is 0 Å². The monoisotopic (exact) mass is 294 g/mol. The van der Waals surface area contributed by atoms with Crippen LogP contribution in [0, 0.1) is 6.92 Å². The predicted molar refractivity (Wildman–Crippen MR) is 74.4 cm³/mol. The number of hydrazone groups is 1. The summed E-state index contributed by atoms with van der Waals surface area (Å²) in [7, 11) is 0. The smallest absolute Gasteiger partial charge is 0.0705 e. The van der Waals surface area contributed by atoms with Gasteiger partial charge in [-0.2, -0.15) is 5.10 Å². The first-order valence-corrected chi connectivity index (χ1v) is 6.46. The van der Waals surface area contributed by atoms with E-state index in [0.29, 0.717) is 0 Å². The first-order valence-electron chi connectivity index (χ1n) is 4.85. The average molecular weight is 295 g/mol. The molecule has 1 heterocycles. The molecular weight excluding hydrogens is 284 g/mol. The molecule has 0 unspecified atom stereocenters. The van der Waals surface area contributed by atoms with Crippen LogP contribution < -0.4 is 5.43 Å². The number of nitrogens with one attached hydrogen (secondary N) is 1. The van der Waals surface area contributed by atoms with Crippen molar-refractivity contribution < 1.29 is 0 Å². The molecule has 0 fully saturated rings. The summed E-state index contributed by atoms with van der Waals surface area (Å²) in [6.45, 7) is 2.07. The second kappa shape index (κ2) is 5.27. The zero-order valence-electron chi connectivity index (χ0n) is 8.77. The predicted octanol–water partition coefficient (Wildman–Crippen LogP) is 4.27. The Morgan fingerprint density at radius 1 is 1.19 bits per heavy atom. The Kier molecular flexibility index (Phi) is 3.74. The third kappa shape index (κ3) is 3.18. The van der Waals surface area contributed by atoms with E-state index in [1.54, 1.807) is 11.3 Å². The van der Waals surface area contributed by atoms with E-state index in [1.165, 1.54) is 5.56 Å². The summed E-state index contributed by atoms with van der Waals surface area (Å²) in [6, 6.07) is 12.2. The first kappa shape index (κ1) is 11.4. The molecule has 1 aromatic heterocycles. The summed E-state index contributed by atoms with van der Waals surface area (Å²) >= 11 is 5.07. The molecule has 0 atom stereocenters. The van der Waals surface area contributed by atoms with Crippen molar-refractivity contribution in [2.75, 3.05) is 5.43 Å². The van der Waals surface area contributed by atoms with Gasteiger partial charge in [-0.3, -0.25) is 5.43 Å². The van der Waals surface area contributed by atoms with Crippen LogP contribution in [0.3, 0.4) is 0 Å². The zero-order chi connectivity index (χ0) is 11.4. The van der Waals surface area contributed by atoms with Gasteiger partial charge in [-0.05, 0) is 47.1 Å². The number of nitrogens with zero attached hydrogens (tertiary/aromatic N) is 1. The normalized spacial score (nSPS) is 10.9. The third-order valence-electron chi connectivity index (χ3n) is 2.03. The number of hydrogen-bond acceptors (Lipinski definition) is 3. The Hall–Kier alpha value is -1.13. The fraction of sp³-hybridized carbons (Fsp3) is 0.0833. The lowest BCUT2D eigenvalue weighted by Gasteiger charge is -1.99. The van der Waals surface area contributed by atoms with Crippen molar-refractivity contribution in [1.29, 1.82) is 0 Å². The number of anilines is 1. The molecule has 0 radical (unpaired) electrons. The summed E-state index contributed by atoms with van der Waals surface area (Å²) in [4.78, 5) is 1.12. The average Bonchev–Trinajstić information content (AvgIpc) is 2.67. The lowest BCUT2D eigenvalue weighted by Crippen LogP contribution is -1.88. The van der Waals surface area contributed by atoms with Crippen LogP contribution in [-0.2, 0) is 0 Å². The van der Waals surface area contributed by atoms with E-state index in [1.807, 2.05) is 30.5 Å². The number of rotatable bonds is 3. The maximum absolute atomic E-state index is 4.17. The Balaban J connectivity index is 1.97. The van der Waals surface area contributed by atoms with Crippen molar-refractivity contribution in [3.05, 3.63) is 50.6 Å². The highest BCUT2D eigenvalue weighted by atomic mass is 79.9. The molecule has 0 saturated carbocycles. The molecule has 0 saturated heterocycles. The molecule has 2 aromatic rings. The number of aryl methyl sites for hydroxylation is 1. The molecule has 0 aliphatic carbocycles. The molecule has 2 rings (SSSR count). The molecule has 16 heavy (non-hydrogen) atoms. The molecule has 82 valence electrons. The summed E-state index contributed by atoms with van der Waals surface area (Å²) in [6.07, 6.45) is 1.81. The minimum absolute atomic E-state index is 0.998. The van der Waals surface area contributed by atoms with Crippen molar-refractivity contribution in [3.63, 3.8) is 0 Å². The molecule has 1 N–H and O–H groups in total. The molecule has 0 spiro atoms. The van der Waals surface area contributed by atoms with E-state index in [4.69, 9.17) is 0 Å². The molecule has 0 amide bonds. The van der Waals surface area contributed by atoms with Crippen LogP contribution in [0.5, 0.6) is 0 Å². The van der Waals surface area contributed by atoms with E-state index in [0.717, 1.165) is 14.4 Å². The van der Waals surface area contributed by atoms with Crippen LogP contribution in [-0.4, -0.2) is 6.21 Å². The van der Waals surface area contributed by atoms with E-state index in [-0.39, 0.29) is 0 Å². The third-order valence-corrected chi connectivity index (χ3v) is 3.59. The van der Waals surface area contributed by atoms with Crippen LogP contribution in [0.25, 0.3) is 0 Å². The van der Waals surface area contributed by atoms with Crippen molar-refractivity contribution in [2.45, 2.75) is 6.92 Å². The van der Waals surface area contributed by atoms with Crippen molar-refractivity contribution >= 4 is 39.2 Å².